The maximum Gasteiger partial charge on any atom is 0.134 e. The second kappa shape index (κ2) is 5.55. The van der Waals surface area contributed by atoms with Crippen molar-refractivity contribution in [1.29, 1.82) is 0 Å². The van der Waals surface area contributed by atoms with E-state index in [4.69, 9.17) is 0 Å². The lowest BCUT2D eigenvalue weighted by atomic mass is 9.84. The fourth-order valence-corrected chi connectivity index (χ4v) is 5.57. The van der Waals surface area contributed by atoms with E-state index < -0.39 is 0 Å². The molecular formula is C16H23N3S. The third-order valence-electron chi connectivity index (χ3n) is 5.13. The van der Waals surface area contributed by atoms with Gasteiger partial charge in [-0.3, -0.25) is 0 Å². The molecular weight excluding hydrogens is 266 g/mol. The molecule has 0 bridgehead atoms. The van der Waals surface area contributed by atoms with Crippen LogP contribution in [-0.2, 0) is 0 Å². The van der Waals surface area contributed by atoms with Crippen molar-refractivity contribution in [2.24, 2.45) is 0 Å². The van der Waals surface area contributed by atoms with Gasteiger partial charge in [-0.05, 0) is 25.7 Å². The summed E-state index contributed by atoms with van der Waals surface area (Å²) in [5.74, 6) is 1.86. The second-order valence-corrected chi connectivity index (χ2v) is 7.70. The first-order chi connectivity index (χ1) is 9.92. The molecule has 2 aliphatic carbocycles. The average molecular weight is 289 g/mol. The summed E-state index contributed by atoms with van der Waals surface area (Å²) >= 11 is 2.01. The van der Waals surface area contributed by atoms with Gasteiger partial charge >= 0.3 is 0 Å². The highest BCUT2D eigenvalue weighted by Crippen LogP contribution is 2.52. The second-order valence-electron chi connectivity index (χ2n) is 6.47. The number of hydrogen-bond donors (Lipinski definition) is 1. The summed E-state index contributed by atoms with van der Waals surface area (Å²) in [6, 6.07) is 0.635. The van der Waals surface area contributed by atoms with Gasteiger partial charge in [0.1, 0.15) is 17.2 Å². The number of nitrogens with one attached hydrogen (secondary N) is 1. The van der Waals surface area contributed by atoms with Gasteiger partial charge in [0.25, 0.3) is 0 Å². The first-order valence-electron chi connectivity index (χ1n) is 8.20. The molecule has 4 heteroatoms. The SMILES string of the molecule is c1nc(NC2CCCCC2)c2c(n1)SC1CCCCC21. The Morgan fingerprint density at radius 2 is 1.75 bits per heavy atom. The Hall–Kier alpha value is -0.770. The third-order valence-corrected chi connectivity index (χ3v) is 6.55. The van der Waals surface area contributed by atoms with E-state index in [2.05, 4.69) is 15.3 Å². The van der Waals surface area contributed by atoms with E-state index in [1.807, 2.05) is 11.8 Å². The molecule has 1 aliphatic heterocycles. The van der Waals surface area contributed by atoms with Gasteiger partial charge in [-0.1, -0.05) is 32.1 Å². The van der Waals surface area contributed by atoms with E-state index in [0.717, 1.165) is 11.1 Å². The third kappa shape index (κ3) is 2.32. The molecule has 0 radical (unpaired) electrons. The monoisotopic (exact) mass is 289 g/mol. The Kier molecular flexibility index (Phi) is 3.59. The normalized spacial score (nSPS) is 29.8. The molecule has 4 rings (SSSR count). The van der Waals surface area contributed by atoms with E-state index in [0.29, 0.717) is 12.0 Å². The van der Waals surface area contributed by atoms with Crippen LogP contribution in [0.5, 0.6) is 0 Å². The van der Waals surface area contributed by atoms with Gasteiger partial charge in [0.05, 0.1) is 0 Å². The molecule has 0 spiro atoms. The molecule has 2 heterocycles. The molecule has 108 valence electrons. The van der Waals surface area contributed by atoms with E-state index in [-0.39, 0.29) is 0 Å². The zero-order chi connectivity index (χ0) is 13.4. The Morgan fingerprint density at radius 3 is 2.65 bits per heavy atom. The summed E-state index contributed by atoms with van der Waals surface area (Å²) in [6.07, 6.45) is 14.0. The standard InChI is InChI=1S/C16H23N3S/c1-2-6-11(7-3-1)19-15-14-12-8-4-5-9-13(12)20-16(14)18-10-17-15/h10-13H,1-9H2,(H,17,18,19). The van der Waals surface area contributed by atoms with Crippen molar-refractivity contribution >= 4 is 17.6 Å². The number of aromatic nitrogens is 2. The van der Waals surface area contributed by atoms with Crippen molar-refractivity contribution in [3.05, 3.63) is 11.9 Å². The molecule has 1 aromatic heterocycles. The van der Waals surface area contributed by atoms with E-state index >= 15 is 0 Å². The summed E-state index contributed by atoms with van der Waals surface area (Å²) in [6.45, 7) is 0. The predicted molar refractivity (Wildman–Crippen MR) is 83.4 cm³/mol. The van der Waals surface area contributed by atoms with Crippen LogP contribution in [0.15, 0.2) is 11.4 Å². The van der Waals surface area contributed by atoms with E-state index in [9.17, 15) is 0 Å². The van der Waals surface area contributed by atoms with Gasteiger partial charge in [0.15, 0.2) is 0 Å². The molecule has 0 amide bonds. The highest BCUT2D eigenvalue weighted by molar-refractivity contribution is 8.00. The molecule has 2 fully saturated rings. The molecule has 2 unspecified atom stereocenters. The first kappa shape index (κ1) is 12.9. The topological polar surface area (TPSA) is 37.8 Å². The van der Waals surface area contributed by atoms with Gasteiger partial charge in [-0.2, -0.15) is 0 Å². The van der Waals surface area contributed by atoms with Crippen molar-refractivity contribution in [2.75, 3.05) is 5.32 Å². The highest BCUT2D eigenvalue weighted by atomic mass is 32.2. The Bertz CT molecular complexity index is 485. The van der Waals surface area contributed by atoms with Gasteiger partial charge in [0.2, 0.25) is 0 Å². The Labute approximate surface area is 125 Å². The quantitative estimate of drug-likeness (QED) is 0.821. The van der Waals surface area contributed by atoms with Crippen LogP contribution < -0.4 is 5.32 Å². The molecule has 2 atom stereocenters. The molecule has 3 nitrogen and oxygen atoms in total. The molecule has 20 heavy (non-hydrogen) atoms. The average Bonchev–Trinajstić information content (AvgIpc) is 2.88. The lowest BCUT2D eigenvalue weighted by molar-refractivity contribution is 0.451. The molecule has 3 aliphatic rings. The van der Waals surface area contributed by atoms with Crippen LogP contribution in [-0.4, -0.2) is 21.3 Å². The number of hydrogen-bond acceptors (Lipinski definition) is 4. The van der Waals surface area contributed by atoms with Crippen LogP contribution in [0, 0.1) is 0 Å². The Balaban J connectivity index is 1.60. The number of thioether (sulfide) groups is 1. The molecule has 2 saturated carbocycles. The number of nitrogens with zero attached hydrogens (tertiary/aromatic N) is 2. The van der Waals surface area contributed by atoms with Crippen LogP contribution in [0.4, 0.5) is 5.82 Å². The van der Waals surface area contributed by atoms with Crippen molar-refractivity contribution in [3.8, 4) is 0 Å². The van der Waals surface area contributed by atoms with Crippen molar-refractivity contribution in [2.45, 2.75) is 80.0 Å². The van der Waals surface area contributed by atoms with Crippen LogP contribution in [0.25, 0.3) is 0 Å². The van der Waals surface area contributed by atoms with Crippen LogP contribution in [0.1, 0.15) is 69.3 Å². The van der Waals surface area contributed by atoms with Crippen LogP contribution in [0.2, 0.25) is 0 Å². The van der Waals surface area contributed by atoms with Crippen molar-refractivity contribution < 1.29 is 0 Å². The number of anilines is 1. The van der Waals surface area contributed by atoms with Gasteiger partial charge in [0, 0.05) is 22.8 Å². The van der Waals surface area contributed by atoms with Gasteiger partial charge in [-0.15, -0.1) is 11.8 Å². The Morgan fingerprint density at radius 1 is 0.950 bits per heavy atom. The fraction of sp³-hybridized carbons (Fsp3) is 0.750. The number of fused-ring (bicyclic) bond motifs is 3. The molecule has 0 saturated heterocycles. The van der Waals surface area contributed by atoms with Crippen molar-refractivity contribution in [1.82, 2.24) is 9.97 Å². The largest absolute Gasteiger partial charge is 0.367 e. The number of rotatable bonds is 2. The van der Waals surface area contributed by atoms with Crippen molar-refractivity contribution in [3.63, 3.8) is 0 Å². The molecule has 1 N–H and O–H groups in total. The fourth-order valence-electron chi connectivity index (χ4n) is 4.07. The minimum Gasteiger partial charge on any atom is -0.367 e. The van der Waals surface area contributed by atoms with E-state index in [1.54, 1.807) is 6.33 Å². The lowest BCUT2D eigenvalue weighted by Gasteiger charge is -2.27. The summed E-state index contributed by atoms with van der Waals surface area (Å²) in [7, 11) is 0. The summed E-state index contributed by atoms with van der Waals surface area (Å²) in [5.41, 5.74) is 1.45. The summed E-state index contributed by atoms with van der Waals surface area (Å²) in [5, 5.41) is 5.78. The summed E-state index contributed by atoms with van der Waals surface area (Å²) in [4.78, 5) is 9.15. The minimum atomic E-state index is 0.635. The summed E-state index contributed by atoms with van der Waals surface area (Å²) < 4.78 is 0. The van der Waals surface area contributed by atoms with Crippen LogP contribution in [0.3, 0.4) is 0 Å². The minimum absolute atomic E-state index is 0.635. The molecule has 1 aromatic rings. The highest BCUT2D eigenvalue weighted by Gasteiger charge is 2.38. The van der Waals surface area contributed by atoms with Gasteiger partial charge in [-0.25, -0.2) is 9.97 Å². The maximum atomic E-state index is 4.60. The van der Waals surface area contributed by atoms with Crippen LogP contribution >= 0.6 is 11.8 Å². The first-order valence-corrected chi connectivity index (χ1v) is 9.08. The maximum absolute atomic E-state index is 4.60. The smallest absolute Gasteiger partial charge is 0.134 e. The zero-order valence-electron chi connectivity index (χ0n) is 12.0. The predicted octanol–water partition coefficient (Wildman–Crippen LogP) is 4.35. The lowest BCUT2D eigenvalue weighted by Crippen LogP contribution is -2.24. The zero-order valence-corrected chi connectivity index (χ0v) is 12.8. The van der Waals surface area contributed by atoms with E-state index in [1.165, 1.54) is 68.4 Å². The van der Waals surface area contributed by atoms with Gasteiger partial charge < -0.3 is 5.32 Å². The molecule has 0 aromatic carbocycles.